The molecule has 2 N–H and O–H groups in total. The van der Waals surface area contributed by atoms with Crippen molar-refractivity contribution in [2.45, 2.75) is 18.3 Å². The van der Waals surface area contributed by atoms with Gasteiger partial charge in [-0.3, -0.25) is 9.59 Å². The minimum atomic E-state index is -1.03. The van der Waals surface area contributed by atoms with Crippen LogP contribution in [0.15, 0.2) is 48.5 Å². The summed E-state index contributed by atoms with van der Waals surface area (Å²) in [5, 5.41) is 12.0. The molecule has 0 spiro atoms. The van der Waals surface area contributed by atoms with Gasteiger partial charge >= 0.3 is 5.97 Å². The maximum Gasteiger partial charge on any atom is 0.312 e. The van der Waals surface area contributed by atoms with Crippen LogP contribution in [0.5, 0.6) is 0 Å². The molecule has 25 heavy (non-hydrogen) atoms. The van der Waals surface area contributed by atoms with E-state index >= 15 is 0 Å². The topological polar surface area (TPSA) is 66.4 Å². The van der Waals surface area contributed by atoms with Crippen LogP contribution < -0.4 is 5.32 Å². The highest BCUT2D eigenvalue weighted by molar-refractivity contribution is 5.84. The standard InChI is InChI=1S/C19H17F2NO3/c20-16-8-4-7-12(17(16)21)13-9-14(13)18(23)22-10-15(19(24)25)11-5-2-1-3-6-11/h1-8,13-15H,9-10H2,(H,22,23)(H,24,25). The van der Waals surface area contributed by atoms with Crippen molar-refractivity contribution in [3.8, 4) is 0 Å². The molecule has 1 saturated carbocycles. The molecule has 6 heteroatoms. The fraction of sp³-hybridized carbons (Fsp3) is 0.263. The third kappa shape index (κ3) is 3.68. The third-order valence-electron chi connectivity index (χ3n) is 4.49. The molecule has 3 unspecified atom stereocenters. The predicted octanol–water partition coefficient (Wildman–Crippen LogP) is 3.05. The van der Waals surface area contributed by atoms with E-state index in [1.165, 1.54) is 12.1 Å². The van der Waals surface area contributed by atoms with Crippen LogP contribution in [-0.4, -0.2) is 23.5 Å². The molecule has 1 aliphatic rings. The van der Waals surface area contributed by atoms with Crippen molar-refractivity contribution in [2.75, 3.05) is 6.54 Å². The first-order valence-electron chi connectivity index (χ1n) is 7.98. The molecular weight excluding hydrogens is 328 g/mol. The number of aliphatic carboxylic acids is 1. The predicted molar refractivity (Wildman–Crippen MR) is 87.0 cm³/mol. The normalized spacial score (nSPS) is 19.9. The largest absolute Gasteiger partial charge is 0.481 e. The summed E-state index contributed by atoms with van der Waals surface area (Å²) in [6.07, 6.45) is 0.426. The Kier molecular flexibility index (Phi) is 4.79. The zero-order valence-electron chi connectivity index (χ0n) is 13.3. The van der Waals surface area contributed by atoms with Gasteiger partial charge in [-0.1, -0.05) is 42.5 Å². The fourth-order valence-corrected chi connectivity index (χ4v) is 3.00. The maximum absolute atomic E-state index is 13.8. The number of carbonyl (C=O) groups excluding carboxylic acids is 1. The van der Waals surface area contributed by atoms with E-state index in [1.807, 2.05) is 0 Å². The molecule has 0 aliphatic heterocycles. The van der Waals surface area contributed by atoms with Gasteiger partial charge in [0.25, 0.3) is 0 Å². The average Bonchev–Trinajstić information content (AvgIpc) is 3.38. The molecule has 130 valence electrons. The first-order chi connectivity index (χ1) is 12.0. The Bertz CT molecular complexity index is 795. The van der Waals surface area contributed by atoms with Crippen LogP contribution in [0.3, 0.4) is 0 Å². The van der Waals surface area contributed by atoms with Gasteiger partial charge in [-0.25, -0.2) is 8.78 Å². The Morgan fingerprint density at radius 1 is 1.12 bits per heavy atom. The van der Waals surface area contributed by atoms with E-state index in [0.717, 1.165) is 6.07 Å². The third-order valence-corrected chi connectivity index (χ3v) is 4.49. The van der Waals surface area contributed by atoms with Crippen molar-refractivity contribution in [1.82, 2.24) is 5.32 Å². The number of carboxylic acid groups (broad SMARTS) is 1. The molecule has 0 saturated heterocycles. The number of benzene rings is 2. The molecule has 0 radical (unpaired) electrons. The summed E-state index contributed by atoms with van der Waals surface area (Å²) in [5.74, 6) is -4.90. The van der Waals surface area contributed by atoms with Crippen molar-refractivity contribution < 1.29 is 23.5 Å². The van der Waals surface area contributed by atoms with E-state index in [0.29, 0.717) is 12.0 Å². The minimum Gasteiger partial charge on any atom is -0.481 e. The Morgan fingerprint density at radius 3 is 2.52 bits per heavy atom. The summed E-state index contributed by atoms with van der Waals surface area (Å²) in [7, 11) is 0. The van der Waals surface area contributed by atoms with Crippen LogP contribution in [0.1, 0.15) is 29.4 Å². The number of rotatable bonds is 6. The lowest BCUT2D eigenvalue weighted by Gasteiger charge is -2.14. The summed E-state index contributed by atoms with van der Waals surface area (Å²) in [5.41, 5.74) is 0.789. The number of carboxylic acids is 1. The average molecular weight is 345 g/mol. The van der Waals surface area contributed by atoms with Crippen molar-refractivity contribution in [3.05, 3.63) is 71.3 Å². The van der Waals surface area contributed by atoms with Crippen molar-refractivity contribution >= 4 is 11.9 Å². The Labute approximate surface area is 143 Å². The maximum atomic E-state index is 13.8. The van der Waals surface area contributed by atoms with E-state index in [-0.39, 0.29) is 23.9 Å². The number of carbonyl (C=O) groups is 2. The van der Waals surface area contributed by atoms with E-state index in [4.69, 9.17) is 0 Å². The first kappa shape index (κ1) is 17.1. The molecule has 3 atom stereocenters. The summed E-state index contributed by atoms with van der Waals surface area (Å²) in [6.45, 7) is -0.0486. The quantitative estimate of drug-likeness (QED) is 0.846. The number of amides is 1. The smallest absolute Gasteiger partial charge is 0.312 e. The molecule has 2 aromatic carbocycles. The lowest BCUT2D eigenvalue weighted by Crippen LogP contribution is -2.33. The van der Waals surface area contributed by atoms with Gasteiger partial charge in [-0.05, 0) is 29.5 Å². The summed E-state index contributed by atoms with van der Waals surface area (Å²) in [6, 6.07) is 12.5. The molecule has 1 amide bonds. The molecule has 4 nitrogen and oxygen atoms in total. The van der Waals surface area contributed by atoms with Crippen molar-refractivity contribution in [1.29, 1.82) is 0 Å². The molecule has 1 aliphatic carbocycles. The SMILES string of the molecule is O=C(O)C(CNC(=O)C1CC1c1cccc(F)c1F)c1ccccc1. The van der Waals surface area contributed by atoms with Gasteiger partial charge in [0.15, 0.2) is 11.6 Å². The summed E-state index contributed by atoms with van der Waals surface area (Å²) < 4.78 is 27.1. The molecule has 1 fully saturated rings. The zero-order chi connectivity index (χ0) is 18.0. The molecule has 0 bridgehead atoms. The van der Waals surface area contributed by atoms with Crippen LogP contribution in [0.2, 0.25) is 0 Å². The highest BCUT2D eigenvalue weighted by Crippen LogP contribution is 2.48. The summed E-state index contributed by atoms with van der Waals surface area (Å²) >= 11 is 0. The summed E-state index contributed by atoms with van der Waals surface area (Å²) in [4.78, 5) is 23.6. The van der Waals surface area contributed by atoms with Gasteiger partial charge in [0.2, 0.25) is 5.91 Å². The lowest BCUT2D eigenvalue weighted by atomic mass is 9.99. The second-order valence-electron chi connectivity index (χ2n) is 6.14. The second kappa shape index (κ2) is 7.01. The number of hydrogen-bond acceptors (Lipinski definition) is 2. The Morgan fingerprint density at radius 2 is 1.84 bits per heavy atom. The van der Waals surface area contributed by atoms with Crippen LogP contribution in [0.25, 0.3) is 0 Å². The number of hydrogen-bond donors (Lipinski definition) is 2. The van der Waals surface area contributed by atoms with Crippen LogP contribution in [-0.2, 0) is 9.59 Å². The zero-order valence-corrected chi connectivity index (χ0v) is 13.3. The minimum absolute atomic E-state index is 0.0486. The van der Waals surface area contributed by atoms with E-state index < -0.39 is 29.4 Å². The van der Waals surface area contributed by atoms with Gasteiger partial charge in [-0.2, -0.15) is 0 Å². The monoisotopic (exact) mass is 345 g/mol. The van der Waals surface area contributed by atoms with Crippen molar-refractivity contribution in [2.24, 2.45) is 5.92 Å². The Hall–Kier alpha value is -2.76. The van der Waals surface area contributed by atoms with Gasteiger partial charge in [-0.15, -0.1) is 0 Å². The number of halogens is 2. The highest BCUT2D eigenvalue weighted by atomic mass is 19.2. The molecular formula is C19H17F2NO3. The van der Waals surface area contributed by atoms with Crippen LogP contribution >= 0.6 is 0 Å². The van der Waals surface area contributed by atoms with E-state index in [1.54, 1.807) is 30.3 Å². The van der Waals surface area contributed by atoms with E-state index in [2.05, 4.69) is 5.32 Å². The van der Waals surface area contributed by atoms with Crippen LogP contribution in [0.4, 0.5) is 8.78 Å². The van der Waals surface area contributed by atoms with E-state index in [9.17, 15) is 23.5 Å². The Balaban J connectivity index is 1.62. The second-order valence-corrected chi connectivity index (χ2v) is 6.14. The molecule has 0 heterocycles. The van der Waals surface area contributed by atoms with Gasteiger partial charge in [0.05, 0.1) is 5.92 Å². The van der Waals surface area contributed by atoms with Gasteiger partial charge < -0.3 is 10.4 Å². The first-order valence-corrected chi connectivity index (χ1v) is 7.98. The van der Waals surface area contributed by atoms with Gasteiger partial charge in [0, 0.05) is 12.5 Å². The molecule has 3 rings (SSSR count). The fourth-order valence-electron chi connectivity index (χ4n) is 3.00. The van der Waals surface area contributed by atoms with Gasteiger partial charge in [0.1, 0.15) is 0 Å². The van der Waals surface area contributed by atoms with Crippen LogP contribution in [0, 0.1) is 17.6 Å². The van der Waals surface area contributed by atoms with Crippen molar-refractivity contribution in [3.63, 3.8) is 0 Å². The lowest BCUT2D eigenvalue weighted by molar-refractivity contribution is -0.138. The molecule has 0 aromatic heterocycles. The highest BCUT2D eigenvalue weighted by Gasteiger charge is 2.45. The number of nitrogens with one attached hydrogen (secondary N) is 1. The molecule has 2 aromatic rings.